The molecule has 3 nitrogen and oxygen atoms in total. The summed E-state index contributed by atoms with van der Waals surface area (Å²) < 4.78 is 18.5. The molecule has 114 valence electrons. The number of benzene rings is 2. The lowest BCUT2D eigenvalue weighted by molar-refractivity contribution is -0.116. The Balaban J connectivity index is 1.79. The molecule has 0 bridgehead atoms. The van der Waals surface area contributed by atoms with Crippen LogP contribution < -0.4 is 10.1 Å². The smallest absolute Gasteiger partial charge is 0.244 e. The molecule has 1 amide bonds. The maximum absolute atomic E-state index is 13.4. The highest BCUT2D eigenvalue weighted by atomic mass is 19.1. The van der Waals surface area contributed by atoms with Crippen molar-refractivity contribution in [1.82, 2.24) is 5.32 Å². The van der Waals surface area contributed by atoms with Crippen LogP contribution >= 0.6 is 0 Å². The third-order valence-corrected chi connectivity index (χ3v) is 3.19. The van der Waals surface area contributed by atoms with E-state index in [0.717, 1.165) is 17.7 Å². The zero-order valence-corrected chi connectivity index (χ0v) is 12.4. The fraction of sp³-hybridized carbons (Fsp3) is 0.167. The minimum atomic E-state index is -0.343. The topological polar surface area (TPSA) is 38.3 Å². The summed E-state index contributed by atoms with van der Waals surface area (Å²) in [4.78, 5) is 11.7. The summed E-state index contributed by atoms with van der Waals surface area (Å²) in [6.45, 7) is 0.521. The van der Waals surface area contributed by atoms with Gasteiger partial charge < -0.3 is 10.1 Å². The summed E-state index contributed by atoms with van der Waals surface area (Å²) in [6, 6.07) is 14.0. The lowest BCUT2D eigenvalue weighted by Gasteiger charge is -2.04. The van der Waals surface area contributed by atoms with E-state index in [1.807, 2.05) is 24.3 Å². The molecule has 0 radical (unpaired) electrons. The molecule has 0 aliphatic rings. The van der Waals surface area contributed by atoms with Gasteiger partial charge in [0.25, 0.3) is 0 Å². The Morgan fingerprint density at radius 3 is 2.59 bits per heavy atom. The van der Waals surface area contributed by atoms with E-state index >= 15 is 0 Å². The molecule has 1 N–H and O–H groups in total. The quantitative estimate of drug-likeness (QED) is 0.832. The molecular formula is C18H18FNO2. The van der Waals surface area contributed by atoms with E-state index in [0.29, 0.717) is 12.1 Å². The first kappa shape index (κ1) is 15.8. The van der Waals surface area contributed by atoms with E-state index in [9.17, 15) is 9.18 Å². The van der Waals surface area contributed by atoms with Gasteiger partial charge in [0.15, 0.2) is 0 Å². The van der Waals surface area contributed by atoms with Crippen LogP contribution in [-0.4, -0.2) is 19.6 Å². The Kier molecular flexibility index (Phi) is 5.72. The molecule has 0 fully saturated rings. The first-order valence-electron chi connectivity index (χ1n) is 7.02. The van der Waals surface area contributed by atoms with Crippen LogP contribution in [0.1, 0.15) is 11.1 Å². The molecule has 0 saturated carbocycles. The number of nitrogens with one attached hydrogen (secondary N) is 1. The van der Waals surface area contributed by atoms with Crippen molar-refractivity contribution in [2.75, 3.05) is 13.7 Å². The van der Waals surface area contributed by atoms with Crippen LogP contribution in [-0.2, 0) is 11.2 Å². The van der Waals surface area contributed by atoms with E-state index in [-0.39, 0.29) is 11.7 Å². The molecular weight excluding hydrogens is 281 g/mol. The molecule has 22 heavy (non-hydrogen) atoms. The molecule has 0 unspecified atom stereocenters. The van der Waals surface area contributed by atoms with E-state index < -0.39 is 0 Å². The van der Waals surface area contributed by atoms with Crippen molar-refractivity contribution in [2.24, 2.45) is 0 Å². The maximum atomic E-state index is 13.4. The van der Waals surface area contributed by atoms with Crippen molar-refractivity contribution >= 4 is 12.0 Å². The number of ether oxygens (including phenoxy) is 1. The zero-order chi connectivity index (χ0) is 15.8. The number of amides is 1. The van der Waals surface area contributed by atoms with E-state index in [2.05, 4.69) is 5.32 Å². The van der Waals surface area contributed by atoms with Gasteiger partial charge in [0, 0.05) is 18.2 Å². The summed E-state index contributed by atoms with van der Waals surface area (Å²) in [5, 5.41) is 2.77. The van der Waals surface area contributed by atoms with Gasteiger partial charge in [0.1, 0.15) is 11.6 Å². The summed E-state index contributed by atoms with van der Waals surface area (Å²) in [5.74, 6) is 0.224. The molecule has 0 spiro atoms. The lowest BCUT2D eigenvalue weighted by atomic mass is 10.1. The Labute approximate surface area is 129 Å². The summed E-state index contributed by atoms with van der Waals surface area (Å²) in [7, 11) is 1.62. The second kappa shape index (κ2) is 7.98. The molecule has 0 saturated heterocycles. The number of halogens is 1. The summed E-state index contributed by atoms with van der Waals surface area (Å²) in [5.41, 5.74) is 1.51. The van der Waals surface area contributed by atoms with Crippen molar-refractivity contribution in [3.63, 3.8) is 0 Å². The fourth-order valence-electron chi connectivity index (χ4n) is 1.96. The molecule has 2 aromatic carbocycles. The predicted octanol–water partition coefficient (Wildman–Crippen LogP) is 3.21. The van der Waals surface area contributed by atoms with Gasteiger partial charge in [-0.3, -0.25) is 4.79 Å². The van der Waals surface area contributed by atoms with Gasteiger partial charge in [0.2, 0.25) is 5.91 Å². The van der Waals surface area contributed by atoms with Gasteiger partial charge in [-0.15, -0.1) is 0 Å². The highest BCUT2D eigenvalue weighted by molar-refractivity contribution is 5.91. The van der Waals surface area contributed by atoms with Crippen LogP contribution in [0.25, 0.3) is 6.08 Å². The average molecular weight is 299 g/mol. The number of carbonyl (C=O) groups excluding carboxylic acids is 1. The number of rotatable bonds is 6. The first-order chi connectivity index (χ1) is 10.7. The van der Waals surface area contributed by atoms with Crippen LogP contribution in [0.5, 0.6) is 5.75 Å². The van der Waals surface area contributed by atoms with Gasteiger partial charge in [-0.2, -0.15) is 0 Å². The van der Waals surface area contributed by atoms with Gasteiger partial charge in [0.05, 0.1) is 7.11 Å². The zero-order valence-electron chi connectivity index (χ0n) is 12.4. The Morgan fingerprint density at radius 2 is 1.91 bits per heavy atom. The van der Waals surface area contributed by atoms with E-state index in [4.69, 9.17) is 4.74 Å². The van der Waals surface area contributed by atoms with Crippen LogP contribution in [0.15, 0.2) is 54.6 Å². The van der Waals surface area contributed by atoms with Crippen LogP contribution in [0, 0.1) is 5.82 Å². The highest BCUT2D eigenvalue weighted by Crippen LogP contribution is 2.11. The van der Waals surface area contributed by atoms with Crippen LogP contribution in [0.4, 0.5) is 4.39 Å². The van der Waals surface area contributed by atoms with Crippen molar-refractivity contribution in [1.29, 1.82) is 0 Å². The molecule has 0 heterocycles. The van der Waals surface area contributed by atoms with Crippen molar-refractivity contribution in [2.45, 2.75) is 6.42 Å². The van der Waals surface area contributed by atoms with Crippen LogP contribution in [0.3, 0.4) is 0 Å². The summed E-state index contributed by atoms with van der Waals surface area (Å²) in [6.07, 6.45) is 3.54. The maximum Gasteiger partial charge on any atom is 0.244 e. The monoisotopic (exact) mass is 299 g/mol. The normalized spacial score (nSPS) is 10.6. The predicted molar refractivity (Wildman–Crippen MR) is 85.1 cm³/mol. The Hall–Kier alpha value is -2.62. The average Bonchev–Trinajstić information content (AvgIpc) is 2.55. The number of hydrogen-bond acceptors (Lipinski definition) is 2. The largest absolute Gasteiger partial charge is 0.497 e. The molecule has 0 aromatic heterocycles. The molecule has 0 atom stereocenters. The summed E-state index contributed by atoms with van der Waals surface area (Å²) >= 11 is 0. The van der Waals surface area contributed by atoms with Crippen LogP contribution in [0.2, 0.25) is 0 Å². The minimum Gasteiger partial charge on any atom is -0.497 e. The van der Waals surface area contributed by atoms with E-state index in [1.54, 1.807) is 25.3 Å². The fourth-order valence-corrected chi connectivity index (χ4v) is 1.96. The van der Waals surface area contributed by atoms with Crippen molar-refractivity contribution < 1.29 is 13.9 Å². The van der Waals surface area contributed by atoms with E-state index in [1.165, 1.54) is 18.2 Å². The molecule has 0 aliphatic carbocycles. The van der Waals surface area contributed by atoms with Gasteiger partial charge in [-0.05, 0) is 36.3 Å². The third kappa shape index (κ3) is 4.74. The number of hydrogen-bond donors (Lipinski definition) is 1. The lowest BCUT2D eigenvalue weighted by Crippen LogP contribution is -2.23. The molecule has 0 aliphatic heterocycles. The highest BCUT2D eigenvalue weighted by Gasteiger charge is 1.99. The van der Waals surface area contributed by atoms with Gasteiger partial charge in [-0.1, -0.05) is 30.3 Å². The third-order valence-electron chi connectivity index (χ3n) is 3.19. The molecule has 2 aromatic rings. The van der Waals surface area contributed by atoms with Gasteiger partial charge in [-0.25, -0.2) is 4.39 Å². The minimum absolute atomic E-state index is 0.239. The van der Waals surface area contributed by atoms with Crippen molar-refractivity contribution in [3.05, 3.63) is 71.6 Å². The second-order valence-electron chi connectivity index (χ2n) is 4.74. The molecule has 4 heteroatoms. The Morgan fingerprint density at radius 1 is 1.18 bits per heavy atom. The van der Waals surface area contributed by atoms with Gasteiger partial charge >= 0.3 is 0 Å². The number of methoxy groups -OCH3 is 1. The SMILES string of the molecule is COc1ccc(CCNC(=O)/C=C/c2ccccc2F)cc1. The number of carbonyl (C=O) groups is 1. The second-order valence-corrected chi connectivity index (χ2v) is 4.74. The van der Waals surface area contributed by atoms with Crippen molar-refractivity contribution in [3.8, 4) is 5.75 Å². The molecule has 2 rings (SSSR count). The standard InChI is InChI=1S/C18H18FNO2/c1-22-16-9-6-14(7-10-16)12-13-20-18(21)11-8-15-4-2-3-5-17(15)19/h2-11H,12-13H2,1H3,(H,20,21)/b11-8+. The Bertz CT molecular complexity index is 650. The first-order valence-corrected chi connectivity index (χ1v) is 7.02.